The van der Waals surface area contributed by atoms with Crippen LogP contribution in [0.2, 0.25) is 0 Å². The Morgan fingerprint density at radius 2 is 1.65 bits per heavy atom. The second-order valence-corrected chi connectivity index (χ2v) is 7.50. The summed E-state index contributed by atoms with van der Waals surface area (Å²) >= 11 is 0. The minimum atomic E-state index is 0.355. The molecule has 0 bridgehead atoms. The summed E-state index contributed by atoms with van der Waals surface area (Å²) in [7, 11) is 0. The zero-order chi connectivity index (χ0) is 14.6. The van der Waals surface area contributed by atoms with Gasteiger partial charge in [-0.1, -0.05) is 52.0 Å². The third kappa shape index (κ3) is 4.34. The average Bonchev–Trinajstić information content (AvgIpc) is 2.78. The molecule has 1 N–H and O–H groups in total. The van der Waals surface area contributed by atoms with Crippen LogP contribution in [0.3, 0.4) is 0 Å². The number of hydrogen-bond acceptors (Lipinski definition) is 1. The van der Waals surface area contributed by atoms with Crippen LogP contribution in [0.15, 0.2) is 24.3 Å². The van der Waals surface area contributed by atoms with Gasteiger partial charge >= 0.3 is 0 Å². The van der Waals surface area contributed by atoms with Gasteiger partial charge in [-0.05, 0) is 61.6 Å². The van der Waals surface area contributed by atoms with Gasteiger partial charge in [-0.2, -0.15) is 0 Å². The van der Waals surface area contributed by atoms with Gasteiger partial charge in [0.25, 0.3) is 0 Å². The summed E-state index contributed by atoms with van der Waals surface area (Å²) in [6.07, 6.45) is 6.33. The molecule has 1 aromatic carbocycles. The normalized spacial score (nSPS) is 22.9. The van der Waals surface area contributed by atoms with Crippen LogP contribution < -0.4 is 5.32 Å². The molecule has 1 aromatic rings. The highest BCUT2D eigenvalue weighted by Crippen LogP contribution is 2.30. The molecule has 1 aliphatic heterocycles. The third-order valence-corrected chi connectivity index (χ3v) is 4.34. The predicted octanol–water partition coefficient (Wildman–Crippen LogP) is 4.60. The van der Waals surface area contributed by atoms with E-state index in [0.29, 0.717) is 5.54 Å². The van der Waals surface area contributed by atoms with Gasteiger partial charge in [0.05, 0.1) is 0 Å². The lowest BCUT2D eigenvalue weighted by Crippen LogP contribution is -2.43. The van der Waals surface area contributed by atoms with Gasteiger partial charge in [0.15, 0.2) is 0 Å². The summed E-state index contributed by atoms with van der Waals surface area (Å²) in [4.78, 5) is 0. The molecule has 0 saturated carbocycles. The fourth-order valence-corrected chi connectivity index (χ4v) is 3.70. The van der Waals surface area contributed by atoms with E-state index >= 15 is 0 Å². The van der Waals surface area contributed by atoms with Crippen molar-refractivity contribution < 1.29 is 0 Å². The van der Waals surface area contributed by atoms with E-state index in [2.05, 4.69) is 57.3 Å². The van der Waals surface area contributed by atoms with E-state index in [-0.39, 0.29) is 0 Å². The van der Waals surface area contributed by atoms with Crippen molar-refractivity contribution in [1.29, 1.82) is 0 Å². The zero-order valence-corrected chi connectivity index (χ0v) is 13.7. The number of rotatable bonds is 6. The van der Waals surface area contributed by atoms with E-state index in [4.69, 9.17) is 0 Å². The van der Waals surface area contributed by atoms with Gasteiger partial charge in [0.1, 0.15) is 0 Å². The van der Waals surface area contributed by atoms with Gasteiger partial charge in [0, 0.05) is 5.54 Å². The first kappa shape index (κ1) is 15.6. The van der Waals surface area contributed by atoms with Crippen LogP contribution in [-0.4, -0.2) is 12.1 Å². The van der Waals surface area contributed by atoms with Crippen LogP contribution in [0.25, 0.3) is 0 Å². The van der Waals surface area contributed by atoms with Crippen LogP contribution in [-0.2, 0) is 12.8 Å². The summed E-state index contributed by atoms with van der Waals surface area (Å²) in [5, 5.41) is 3.80. The summed E-state index contributed by atoms with van der Waals surface area (Å²) in [5.41, 5.74) is 3.32. The largest absolute Gasteiger partial charge is 0.311 e. The Balaban J connectivity index is 2.03. The molecule has 112 valence electrons. The zero-order valence-electron chi connectivity index (χ0n) is 13.7. The van der Waals surface area contributed by atoms with Crippen molar-refractivity contribution in [3.8, 4) is 0 Å². The first-order valence-electron chi connectivity index (χ1n) is 8.32. The quantitative estimate of drug-likeness (QED) is 0.799. The Kier molecular flexibility index (Phi) is 5.26. The predicted molar refractivity (Wildman–Crippen MR) is 88.1 cm³/mol. The molecule has 1 saturated heterocycles. The molecular weight excluding hydrogens is 242 g/mol. The molecular formula is C19H31N. The van der Waals surface area contributed by atoms with E-state index in [1.165, 1.54) is 49.8 Å². The van der Waals surface area contributed by atoms with Gasteiger partial charge < -0.3 is 5.32 Å². The smallest absolute Gasteiger partial charge is 0.0224 e. The molecule has 0 aliphatic carbocycles. The second kappa shape index (κ2) is 6.76. The molecule has 0 amide bonds. The van der Waals surface area contributed by atoms with E-state index in [0.717, 1.165) is 11.8 Å². The van der Waals surface area contributed by atoms with Crippen molar-refractivity contribution in [1.82, 2.24) is 5.32 Å². The summed E-state index contributed by atoms with van der Waals surface area (Å²) in [6.45, 7) is 10.4. The summed E-state index contributed by atoms with van der Waals surface area (Å²) < 4.78 is 0. The van der Waals surface area contributed by atoms with Crippen LogP contribution in [0.4, 0.5) is 0 Å². The lowest BCUT2D eigenvalue weighted by Gasteiger charge is -2.32. The highest BCUT2D eigenvalue weighted by molar-refractivity contribution is 5.25. The molecule has 1 unspecified atom stereocenters. The van der Waals surface area contributed by atoms with Crippen molar-refractivity contribution >= 4 is 0 Å². The molecule has 1 fully saturated rings. The molecule has 0 spiro atoms. The van der Waals surface area contributed by atoms with E-state index in [9.17, 15) is 0 Å². The van der Waals surface area contributed by atoms with Crippen molar-refractivity contribution in [2.75, 3.05) is 6.54 Å². The molecule has 20 heavy (non-hydrogen) atoms. The van der Waals surface area contributed by atoms with Crippen molar-refractivity contribution in [3.05, 3.63) is 35.4 Å². The molecule has 1 atom stereocenters. The van der Waals surface area contributed by atoms with Crippen molar-refractivity contribution in [2.24, 2.45) is 11.8 Å². The third-order valence-electron chi connectivity index (χ3n) is 4.34. The van der Waals surface area contributed by atoms with E-state index in [1.807, 2.05) is 0 Å². The minimum absolute atomic E-state index is 0.355. The average molecular weight is 273 g/mol. The van der Waals surface area contributed by atoms with E-state index < -0.39 is 0 Å². The Hall–Kier alpha value is -0.820. The molecule has 2 rings (SSSR count). The second-order valence-electron chi connectivity index (χ2n) is 7.50. The Labute approximate surface area is 125 Å². The van der Waals surface area contributed by atoms with Gasteiger partial charge in [-0.15, -0.1) is 0 Å². The van der Waals surface area contributed by atoms with Gasteiger partial charge in [0.2, 0.25) is 0 Å². The summed E-state index contributed by atoms with van der Waals surface area (Å²) in [5.74, 6) is 1.51. The maximum atomic E-state index is 3.80. The minimum Gasteiger partial charge on any atom is -0.311 e. The Morgan fingerprint density at radius 1 is 1.00 bits per heavy atom. The number of nitrogens with one attached hydrogen (secondary N) is 1. The van der Waals surface area contributed by atoms with Crippen molar-refractivity contribution in [3.63, 3.8) is 0 Å². The molecule has 1 heteroatoms. The lowest BCUT2D eigenvalue weighted by molar-refractivity contribution is 0.301. The van der Waals surface area contributed by atoms with Crippen LogP contribution in [0.5, 0.6) is 0 Å². The standard InChI is InChI=1S/C19H31N/c1-15(2)12-17-6-8-18(9-7-17)14-19(13-16(3)4)10-5-11-20-19/h6-9,15-16,20H,5,10-14H2,1-4H3. The Morgan fingerprint density at radius 3 is 2.15 bits per heavy atom. The highest BCUT2D eigenvalue weighted by atomic mass is 15.0. The van der Waals surface area contributed by atoms with Gasteiger partial charge in [-0.3, -0.25) is 0 Å². The lowest BCUT2D eigenvalue weighted by atomic mass is 9.82. The highest BCUT2D eigenvalue weighted by Gasteiger charge is 2.33. The maximum absolute atomic E-state index is 3.80. The SMILES string of the molecule is CC(C)Cc1ccc(CC2(CC(C)C)CCCN2)cc1. The monoisotopic (exact) mass is 273 g/mol. The molecule has 1 aliphatic rings. The van der Waals surface area contributed by atoms with Crippen LogP contribution in [0, 0.1) is 11.8 Å². The van der Waals surface area contributed by atoms with Crippen LogP contribution >= 0.6 is 0 Å². The van der Waals surface area contributed by atoms with Gasteiger partial charge in [-0.25, -0.2) is 0 Å². The number of benzene rings is 1. The number of hydrogen-bond donors (Lipinski definition) is 1. The van der Waals surface area contributed by atoms with Crippen LogP contribution in [0.1, 0.15) is 58.1 Å². The fourth-order valence-electron chi connectivity index (χ4n) is 3.70. The van der Waals surface area contributed by atoms with E-state index in [1.54, 1.807) is 0 Å². The maximum Gasteiger partial charge on any atom is 0.0224 e. The van der Waals surface area contributed by atoms with Crippen molar-refractivity contribution in [2.45, 2.75) is 65.3 Å². The molecule has 0 aromatic heterocycles. The first-order chi connectivity index (χ1) is 9.49. The molecule has 1 heterocycles. The Bertz CT molecular complexity index is 396. The summed E-state index contributed by atoms with van der Waals surface area (Å²) in [6, 6.07) is 9.35. The fraction of sp³-hybridized carbons (Fsp3) is 0.684. The topological polar surface area (TPSA) is 12.0 Å². The first-order valence-corrected chi connectivity index (χ1v) is 8.32. The molecule has 1 nitrogen and oxygen atoms in total. The molecule has 0 radical (unpaired) electrons.